The molecule has 0 radical (unpaired) electrons. The summed E-state index contributed by atoms with van der Waals surface area (Å²) in [5, 5.41) is 8.94. The van der Waals surface area contributed by atoms with E-state index in [1.54, 1.807) is 0 Å². The number of nitrogens with zero attached hydrogens (tertiary/aromatic N) is 1. The van der Waals surface area contributed by atoms with Gasteiger partial charge in [0.2, 0.25) is 5.88 Å². The predicted octanol–water partition coefficient (Wildman–Crippen LogP) is -0.590. The van der Waals surface area contributed by atoms with Crippen molar-refractivity contribution in [3.05, 3.63) is 22.2 Å². The minimum Gasteiger partial charge on any atom is -0.493 e. The molecule has 1 heterocycles. The Balaban J connectivity index is 3.04. The number of aromatic nitrogens is 2. The van der Waals surface area contributed by atoms with Gasteiger partial charge in [-0.2, -0.15) is 4.98 Å². The lowest BCUT2D eigenvalue weighted by Crippen LogP contribution is -2.14. The van der Waals surface area contributed by atoms with Crippen molar-refractivity contribution in [3.8, 4) is 5.88 Å². The van der Waals surface area contributed by atoms with Gasteiger partial charge in [-0.1, -0.05) is 6.92 Å². The number of hydrogen-bond acceptors (Lipinski definition) is 5. The van der Waals surface area contributed by atoms with Crippen LogP contribution in [0, 0.1) is 0 Å². The lowest BCUT2D eigenvalue weighted by molar-refractivity contribution is 0.448. The van der Waals surface area contributed by atoms with Crippen molar-refractivity contribution in [1.82, 2.24) is 9.97 Å². The average molecular weight is 218 g/mol. The average Bonchev–Trinajstić information content (AvgIpc) is 2.01. The highest BCUT2D eigenvalue weighted by Crippen LogP contribution is 2.03. The third-order valence-electron chi connectivity index (χ3n) is 1.57. The molecule has 1 aromatic rings. The van der Waals surface area contributed by atoms with Gasteiger partial charge in [-0.15, -0.1) is 0 Å². The Bertz CT molecular complexity index is 477. The van der Waals surface area contributed by atoms with Crippen LogP contribution in [0.25, 0.3) is 0 Å². The first-order valence-corrected chi connectivity index (χ1v) is 5.75. The zero-order chi connectivity index (χ0) is 10.8. The zero-order valence-electron chi connectivity index (χ0n) is 7.52. The SMILES string of the molecule is CCS(=O)(=O)Cc1nc(O)cc(=O)[nH]1. The smallest absolute Gasteiger partial charge is 0.254 e. The van der Waals surface area contributed by atoms with E-state index in [9.17, 15) is 13.2 Å². The fraction of sp³-hybridized carbons (Fsp3) is 0.429. The summed E-state index contributed by atoms with van der Waals surface area (Å²) in [5.74, 6) is -0.925. The zero-order valence-corrected chi connectivity index (χ0v) is 8.34. The van der Waals surface area contributed by atoms with Gasteiger partial charge in [-0.3, -0.25) is 4.79 Å². The minimum absolute atomic E-state index is 0.0354. The van der Waals surface area contributed by atoms with Gasteiger partial charge in [0.1, 0.15) is 11.6 Å². The van der Waals surface area contributed by atoms with E-state index in [1.807, 2.05) is 0 Å². The van der Waals surface area contributed by atoms with Crippen LogP contribution in [0.1, 0.15) is 12.7 Å². The van der Waals surface area contributed by atoms with Crippen LogP contribution in [0.15, 0.2) is 10.9 Å². The quantitative estimate of drug-likeness (QED) is 0.706. The monoisotopic (exact) mass is 218 g/mol. The molecule has 0 spiro atoms. The predicted molar refractivity (Wildman–Crippen MR) is 49.7 cm³/mol. The van der Waals surface area contributed by atoms with Gasteiger partial charge in [0.05, 0.1) is 6.07 Å². The summed E-state index contributed by atoms with van der Waals surface area (Å²) in [6.45, 7) is 1.50. The summed E-state index contributed by atoms with van der Waals surface area (Å²) in [6, 6.07) is 0.877. The Morgan fingerprint density at radius 1 is 1.57 bits per heavy atom. The fourth-order valence-electron chi connectivity index (χ4n) is 0.873. The normalized spacial score (nSPS) is 11.5. The van der Waals surface area contributed by atoms with Crippen LogP contribution in [0.4, 0.5) is 0 Å². The van der Waals surface area contributed by atoms with E-state index in [4.69, 9.17) is 5.11 Å². The van der Waals surface area contributed by atoms with E-state index in [-0.39, 0.29) is 17.3 Å². The molecule has 0 unspecified atom stereocenters. The van der Waals surface area contributed by atoms with Crippen LogP contribution >= 0.6 is 0 Å². The standard InChI is InChI=1S/C7H10N2O4S/c1-2-14(12,13)4-5-8-6(10)3-7(11)9-5/h3H,2,4H2,1H3,(H2,8,9,10,11). The minimum atomic E-state index is -3.25. The number of H-pyrrole nitrogens is 1. The van der Waals surface area contributed by atoms with E-state index < -0.39 is 21.3 Å². The van der Waals surface area contributed by atoms with Gasteiger partial charge in [0, 0.05) is 5.75 Å². The number of rotatable bonds is 3. The van der Waals surface area contributed by atoms with Crippen molar-refractivity contribution in [1.29, 1.82) is 0 Å². The maximum absolute atomic E-state index is 11.1. The first kappa shape index (κ1) is 10.7. The highest BCUT2D eigenvalue weighted by atomic mass is 32.2. The molecule has 0 saturated heterocycles. The Morgan fingerprint density at radius 2 is 2.21 bits per heavy atom. The van der Waals surface area contributed by atoms with E-state index in [0.29, 0.717) is 0 Å². The third kappa shape index (κ3) is 2.84. The summed E-state index contributed by atoms with van der Waals surface area (Å²) < 4.78 is 22.3. The summed E-state index contributed by atoms with van der Waals surface area (Å²) in [4.78, 5) is 16.6. The molecule has 7 heteroatoms. The number of aromatic amines is 1. The second-order valence-electron chi connectivity index (χ2n) is 2.73. The molecular weight excluding hydrogens is 208 g/mol. The molecule has 0 aliphatic heterocycles. The van der Waals surface area contributed by atoms with Crippen LogP contribution in [-0.2, 0) is 15.6 Å². The fourth-order valence-corrected chi connectivity index (χ4v) is 1.63. The highest BCUT2D eigenvalue weighted by Gasteiger charge is 2.11. The number of nitrogens with one attached hydrogen (secondary N) is 1. The summed E-state index contributed by atoms with van der Waals surface area (Å²) in [5.41, 5.74) is -0.571. The second-order valence-corrected chi connectivity index (χ2v) is 5.08. The molecule has 0 bridgehead atoms. The van der Waals surface area contributed by atoms with E-state index in [1.165, 1.54) is 6.92 Å². The molecule has 0 aromatic carbocycles. The van der Waals surface area contributed by atoms with Crippen LogP contribution in [0.2, 0.25) is 0 Å². The van der Waals surface area contributed by atoms with Gasteiger partial charge in [-0.05, 0) is 0 Å². The molecule has 1 rings (SSSR count). The molecule has 0 fully saturated rings. The van der Waals surface area contributed by atoms with Crippen LogP contribution in [0.3, 0.4) is 0 Å². The highest BCUT2D eigenvalue weighted by molar-refractivity contribution is 7.90. The first-order chi connectivity index (χ1) is 6.43. The maximum Gasteiger partial charge on any atom is 0.254 e. The van der Waals surface area contributed by atoms with Crippen molar-refractivity contribution >= 4 is 9.84 Å². The van der Waals surface area contributed by atoms with Crippen molar-refractivity contribution in [2.75, 3.05) is 5.75 Å². The maximum atomic E-state index is 11.1. The molecule has 0 amide bonds. The van der Waals surface area contributed by atoms with E-state index >= 15 is 0 Å². The van der Waals surface area contributed by atoms with Gasteiger partial charge in [0.15, 0.2) is 9.84 Å². The van der Waals surface area contributed by atoms with Crippen LogP contribution < -0.4 is 5.56 Å². The van der Waals surface area contributed by atoms with Crippen molar-refractivity contribution in [2.24, 2.45) is 0 Å². The Kier molecular flexibility index (Phi) is 2.90. The van der Waals surface area contributed by atoms with Gasteiger partial charge < -0.3 is 10.1 Å². The largest absolute Gasteiger partial charge is 0.493 e. The Hall–Kier alpha value is -1.37. The topological polar surface area (TPSA) is 100 Å². The lowest BCUT2D eigenvalue weighted by Gasteiger charge is -2.00. The van der Waals surface area contributed by atoms with Gasteiger partial charge in [-0.25, -0.2) is 8.42 Å². The first-order valence-electron chi connectivity index (χ1n) is 3.92. The van der Waals surface area contributed by atoms with Crippen molar-refractivity contribution in [3.63, 3.8) is 0 Å². The number of sulfone groups is 1. The van der Waals surface area contributed by atoms with Gasteiger partial charge >= 0.3 is 0 Å². The van der Waals surface area contributed by atoms with Crippen LogP contribution in [-0.4, -0.2) is 29.2 Å². The molecular formula is C7H10N2O4S. The number of aromatic hydroxyl groups is 1. The van der Waals surface area contributed by atoms with Gasteiger partial charge in [0.25, 0.3) is 5.56 Å². The molecule has 0 atom stereocenters. The second kappa shape index (κ2) is 3.79. The molecule has 78 valence electrons. The lowest BCUT2D eigenvalue weighted by atomic mass is 10.6. The third-order valence-corrected chi connectivity index (χ3v) is 3.17. The molecule has 1 aromatic heterocycles. The van der Waals surface area contributed by atoms with Crippen LogP contribution in [0.5, 0.6) is 5.88 Å². The van der Waals surface area contributed by atoms with Crippen molar-refractivity contribution in [2.45, 2.75) is 12.7 Å². The molecule has 2 N–H and O–H groups in total. The summed E-state index contributed by atoms with van der Waals surface area (Å²) >= 11 is 0. The Labute approximate surface area is 80.5 Å². The molecule has 0 aliphatic rings. The molecule has 14 heavy (non-hydrogen) atoms. The van der Waals surface area contributed by atoms with E-state index in [0.717, 1.165) is 6.07 Å². The number of hydrogen-bond donors (Lipinski definition) is 2. The molecule has 0 saturated carbocycles. The summed E-state index contributed by atoms with van der Waals surface area (Å²) in [7, 11) is -3.25. The molecule has 6 nitrogen and oxygen atoms in total. The summed E-state index contributed by atoms with van der Waals surface area (Å²) in [6.07, 6.45) is 0. The molecule has 0 aliphatic carbocycles. The van der Waals surface area contributed by atoms with Crippen molar-refractivity contribution < 1.29 is 13.5 Å². The Morgan fingerprint density at radius 3 is 2.71 bits per heavy atom. The van der Waals surface area contributed by atoms with E-state index in [2.05, 4.69) is 9.97 Å².